The van der Waals surface area contributed by atoms with Crippen LogP contribution in [0.5, 0.6) is 5.75 Å². The Morgan fingerprint density at radius 3 is 2.69 bits per heavy atom. The van der Waals surface area contributed by atoms with Gasteiger partial charge in [-0.15, -0.1) is 0 Å². The van der Waals surface area contributed by atoms with Crippen LogP contribution in [-0.2, 0) is 19.6 Å². The van der Waals surface area contributed by atoms with E-state index in [1.54, 1.807) is 37.3 Å². The van der Waals surface area contributed by atoms with Gasteiger partial charge in [0, 0.05) is 18.8 Å². The molecule has 1 aliphatic heterocycles. The summed E-state index contributed by atoms with van der Waals surface area (Å²) in [4.78, 5) is 12.3. The van der Waals surface area contributed by atoms with Gasteiger partial charge in [0.25, 0.3) is 5.91 Å². The molecule has 2 aromatic rings. The predicted molar refractivity (Wildman–Crippen MR) is 106 cm³/mol. The number of sulfonamides is 1. The molecular weight excluding hydrogens is 394 g/mol. The van der Waals surface area contributed by atoms with E-state index in [1.165, 1.54) is 16.4 Å². The van der Waals surface area contributed by atoms with Crippen LogP contribution in [0.25, 0.3) is 0 Å². The quantitative estimate of drug-likeness (QED) is 0.772. The summed E-state index contributed by atoms with van der Waals surface area (Å²) in [6, 6.07) is 13.1. The zero-order chi connectivity index (χ0) is 20.9. The van der Waals surface area contributed by atoms with Crippen molar-refractivity contribution in [2.75, 3.05) is 38.2 Å². The number of rotatable bonds is 6. The minimum absolute atomic E-state index is 0.112. The summed E-state index contributed by atoms with van der Waals surface area (Å²) in [5.74, 6) is 0.0810. The number of hydrogen-bond acceptors (Lipinski definition) is 6. The highest BCUT2D eigenvalue weighted by Crippen LogP contribution is 2.21. The van der Waals surface area contributed by atoms with Crippen LogP contribution < -0.4 is 10.1 Å². The molecule has 1 amide bonds. The first-order valence-electron chi connectivity index (χ1n) is 9.01. The van der Waals surface area contributed by atoms with Crippen LogP contribution in [0.2, 0.25) is 0 Å². The van der Waals surface area contributed by atoms with Crippen LogP contribution in [-0.4, -0.2) is 51.5 Å². The molecule has 2 aromatic carbocycles. The molecule has 29 heavy (non-hydrogen) atoms. The van der Waals surface area contributed by atoms with Crippen molar-refractivity contribution in [2.45, 2.75) is 11.8 Å². The number of aryl methyl sites for hydroxylation is 1. The lowest BCUT2D eigenvalue weighted by Crippen LogP contribution is -2.40. The molecule has 1 N–H and O–H groups in total. The summed E-state index contributed by atoms with van der Waals surface area (Å²) in [7, 11) is -3.64. The van der Waals surface area contributed by atoms with Crippen molar-refractivity contribution in [3.8, 4) is 11.8 Å². The molecule has 0 aromatic heterocycles. The fraction of sp³-hybridized carbons (Fsp3) is 0.300. The van der Waals surface area contributed by atoms with Crippen molar-refractivity contribution >= 4 is 21.6 Å². The first-order chi connectivity index (χ1) is 13.9. The number of hydrogen-bond donors (Lipinski definition) is 1. The Morgan fingerprint density at radius 2 is 2.00 bits per heavy atom. The molecule has 3 rings (SSSR count). The standard InChI is InChI=1S/C20H21N3O5S/c1-15-11-16(13-21)5-6-19(15)28-14-20(24)22-17-3-2-4-18(12-17)29(25,26)23-7-9-27-10-8-23/h2-6,11-12H,7-10,14H2,1H3,(H,22,24). The van der Waals surface area contributed by atoms with E-state index in [2.05, 4.69) is 5.32 Å². The second kappa shape index (κ2) is 9.05. The van der Waals surface area contributed by atoms with E-state index >= 15 is 0 Å². The molecule has 8 nitrogen and oxygen atoms in total. The highest BCUT2D eigenvalue weighted by atomic mass is 32.2. The van der Waals surface area contributed by atoms with Crippen molar-refractivity contribution in [1.82, 2.24) is 4.31 Å². The minimum atomic E-state index is -3.64. The third kappa shape index (κ3) is 5.12. The van der Waals surface area contributed by atoms with Crippen LogP contribution in [0.1, 0.15) is 11.1 Å². The van der Waals surface area contributed by atoms with Crippen LogP contribution in [0, 0.1) is 18.3 Å². The fourth-order valence-electron chi connectivity index (χ4n) is 2.89. The van der Waals surface area contributed by atoms with E-state index in [0.717, 1.165) is 5.56 Å². The Balaban J connectivity index is 1.64. The van der Waals surface area contributed by atoms with Crippen molar-refractivity contribution < 1.29 is 22.7 Å². The number of ether oxygens (including phenoxy) is 2. The molecule has 0 saturated carbocycles. The van der Waals surface area contributed by atoms with Gasteiger partial charge in [0.05, 0.1) is 29.7 Å². The Bertz CT molecular complexity index is 1040. The first kappa shape index (κ1) is 20.8. The van der Waals surface area contributed by atoms with E-state index in [-0.39, 0.29) is 11.5 Å². The van der Waals surface area contributed by atoms with Crippen LogP contribution in [0.15, 0.2) is 47.4 Å². The second-order valence-electron chi connectivity index (χ2n) is 6.47. The Kier molecular flexibility index (Phi) is 6.49. The number of benzene rings is 2. The van der Waals surface area contributed by atoms with Gasteiger partial charge in [0.15, 0.2) is 6.61 Å². The third-order valence-corrected chi connectivity index (χ3v) is 6.28. The number of amides is 1. The number of nitriles is 1. The molecular formula is C20H21N3O5S. The zero-order valence-corrected chi connectivity index (χ0v) is 16.7. The highest BCUT2D eigenvalue weighted by Gasteiger charge is 2.26. The molecule has 1 saturated heterocycles. The van der Waals surface area contributed by atoms with Crippen molar-refractivity contribution in [3.63, 3.8) is 0 Å². The van der Waals surface area contributed by atoms with E-state index in [9.17, 15) is 13.2 Å². The summed E-state index contributed by atoms with van der Waals surface area (Å²) in [6.45, 7) is 2.87. The topological polar surface area (TPSA) is 109 Å². The van der Waals surface area contributed by atoms with Gasteiger partial charge in [-0.25, -0.2) is 8.42 Å². The molecule has 152 valence electrons. The third-order valence-electron chi connectivity index (χ3n) is 4.39. The predicted octanol–water partition coefficient (Wildman–Crippen LogP) is 1.91. The van der Waals surface area contributed by atoms with Crippen LogP contribution in [0.4, 0.5) is 5.69 Å². The summed E-state index contributed by atoms with van der Waals surface area (Å²) >= 11 is 0. The maximum Gasteiger partial charge on any atom is 0.262 e. The number of morpholine rings is 1. The second-order valence-corrected chi connectivity index (χ2v) is 8.41. The first-order valence-corrected chi connectivity index (χ1v) is 10.5. The highest BCUT2D eigenvalue weighted by molar-refractivity contribution is 7.89. The van der Waals surface area contributed by atoms with Gasteiger partial charge in [0.2, 0.25) is 10.0 Å². The van der Waals surface area contributed by atoms with Crippen molar-refractivity contribution in [1.29, 1.82) is 5.26 Å². The Morgan fingerprint density at radius 1 is 1.24 bits per heavy atom. The summed E-state index contributed by atoms with van der Waals surface area (Å²) in [5.41, 5.74) is 1.62. The van der Waals surface area contributed by atoms with E-state index < -0.39 is 15.9 Å². The number of nitrogens with one attached hydrogen (secondary N) is 1. The van der Waals surface area contributed by atoms with Gasteiger partial charge in [0.1, 0.15) is 5.75 Å². The number of anilines is 1. The molecule has 0 atom stereocenters. The Labute approximate surface area is 169 Å². The van der Waals surface area contributed by atoms with Crippen LogP contribution >= 0.6 is 0 Å². The molecule has 1 aliphatic rings. The molecule has 0 unspecified atom stereocenters. The van der Waals surface area contributed by atoms with Gasteiger partial charge >= 0.3 is 0 Å². The maximum absolute atomic E-state index is 12.7. The molecule has 0 bridgehead atoms. The monoisotopic (exact) mass is 415 g/mol. The molecule has 9 heteroatoms. The smallest absolute Gasteiger partial charge is 0.262 e. The normalized spacial score (nSPS) is 14.8. The lowest BCUT2D eigenvalue weighted by atomic mass is 10.1. The number of nitrogens with zero attached hydrogens (tertiary/aromatic N) is 2. The van der Waals surface area contributed by atoms with E-state index in [1.807, 2.05) is 6.07 Å². The zero-order valence-electron chi connectivity index (χ0n) is 15.9. The summed E-state index contributed by atoms with van der Waals surface area (Å²) in [6.07, 6.45) is 0. The van der Waals surface area contributed by atoms with Gasteiger partial charge in [-0.2, -0.15) is 9.57 Å². The molecule has 1 fully saturated rings. The largest absolute Gasteiger partial charge is 0.483 e. The minimum Gasteiger partial charge on any atom is -0.483 e. The number of carbonyl (C=O) groups is 1. The number of carbonyl (C=O) groups excluding carboxylic acids is 1. The lowest BCUT2D eigenvalue weighted by Gasteiger charge is -2.26. The fourth-order valence-corrected chi connectivity index (χ4v) is 4.35. The van der Waals surface area contributed by atoms with Gasteiger partial charge in [-0.1, -0.05) is 6.07 Å². The van der Waals surface area contributed by atoms with Gasteiger partial charge < -0.3 is 14.8 Å². The summed E-state index contributed by atoms with van der Waals surface area (Å²) in [5, 5.41) is 11.5. The van der Waals surface area contributed by atoms with Gasteiger partial charge in [-0.05, 0) is 48.9 Å². The molecule has 1 heterocycles. The summed E-state index contributed by atoms with van der Waals surface area (Å²) < 4.78 is 37.5. The average Bonchev–Trinajstić information content (AvgIpc) is 2.73. The maximum atomic E-state index is 12.7. The van der Waals surface area contributed by atoms with Crippen LogP contribution in [0.3, 0.4) is 0 Å². The molecule has 0 radical (unpaired) electrons. The van der Waals surface area contributed by atoms with Gasteiger partial charge in [-0.3, -0.25) is 4.79 Å². The van der Waals surface area contributed by atoms with E-state index in [4.69, 9.17) is 14.7 Å². The molecule has 0 aliphatic carbocycles. The lowest BCUT2D eigenvalue weighted by molar-refractivity contribution is -0.118. The van der Waals surface area contributed by atoms with Crippen molar-refractivity contribution in [2.24, 2.45) is 0 Å². The molecule has 0 spiro atoms. The SMILES string of the molecule is Cc1cc(C#N)ccc1OCC(=O)Nc1cccc(S(=O)(=O)N2CCOCC2)c1. The average molecular weight is 415 g/mol. The van der Waals surface area contributed by atoms with E-state index in [0.29, 0.717) is 43.3 Å². The van der Waals surface area contributed by atoms with Crippen molar-refractivity contribution in [3.05, 3.63) is 53.6 Å². The Hall–Kier alpha value is -2.93.